The van der Waals surface area contributed by atoms with E-state index in [1.54, 1.807) is 13.8 Å². The highest BCUT2D eigenvalue weighted by Gasteiger charge is 2.41. The van der Waals surface area contributed by atoms with E-state index in [1.165, 1.54) is 25.3 Å². The summed E-state index contributed by atoms with van der Waals surface area (Å²) >= 11 is 0. The lowest BCUT2D eigenvalue weighted by Gasteiger charge is -2.38. The molecule has 4 aromatic carbocycles. The summed E-state index contributed by atoms with van der Waals surface area (Å²) in [7, 11) is 0. The lowest BCUT2D eigenvalue weighted by atomic mass is 9.91. The van der Waals surface area contributed by atoms with Crippen molar-refractivity contribution >= 4 is 35.5 Å². The fourth-order valence-corrected chi connectivity index (χ4v) is 9.41. The summed E-state index contributed by atoms with van der Waals surface area (Å²) in [5.74, 6) is -1.74. The first-order chi connectivity index (χ1) is 46.4. The van der Waals surface area contributed by atoms with Crippen LogP contribution in [0.4, 0.5) is 4.79 Å². The highest BCUT2D eigenvalue weighted by atomic mass is 16.6. The number of benzene rings is 4. The van der Waals surface area contributed by atoms with E-state index in [0.717, 1.165) is 107 Å². The fraction of sp³-hybridized carbons (Fsp3) is 0.610. The number of amides is 1. The van der Waals surface area contributed by atoms with Crippen LogP contribution in [0.15, 0.2) is 126 Å². The number of rotatable bonds is 26. The number of carbonyl (C=O) groups is 5. The minimum absolute atomic E-state index is 0.00398. The second-order valence-electron chi connectivity index (χ2n) is 26.7. The van der Waals surface area contributed by atoms with Crippen LogP contribution in [0.1, 0.15) is 233 Å². The van der Waals surface area contributed by atoms with Crippen LogP contribution in [0.3, 0.4) is 0 Å². The van der Waals surface area contributed by atoms with Crippen LogP contribution in [-0.4, -0.2) is 155 Å². The predicted molar refractivity (Wildman–Crippen MR) is 390 cm³/mol. The zero-order chi connectivity index (χ0) is 74.1. The molecule has 2 fully saturated rings. The number of cyclic esters (lactones) is 2. The summed E-state index contributed by atoms with van der Waals surface area (Å²) in [5, 5.41) is 55.3. The van der Waals surface area contributed by atoms with Gasteiger partial charge in [-0.25, -0.2) is 14.4 Å². The lowest BCUT2D eigenvalue weighted by Crippen LogP contribution is -2.56. The van der Waals surface area contributed by atoms with Gasteiger partial charge in [0.25, 0.3) is 0 Å². The van der Waals surface area contributed by atoms with Gasteiger partial charge in [-0.15, -0.1) is 0 Å². The Morgan fingerprint density at radius 3 is 1.54 bits per heavy atom. The van der Waals surface area contributed by atoms with Crippen LogP contribution in [0.2, 0.25) is 0 Å². The molecule has 21 nitrogen and oxygen atoms in total. The molecule has 3 aliphatic heterocycles. The van der Waals surface area contributed by atoms with Crippen molar-refractivity contribution < 1.29 is 73.2 Å². The normalized spacial score (nSPS) is 18.5. The Balaban J connectivity index is 0.00000112. The first-order valence-corrected chi connectivity index (χ1v) is 34.9. The lowest BCUT2D eigenvalue weighted by molar-refractivity contribution is -0.158. The number of hydrogen-bond donors (Lipinski definition) is 10. The molecule has 7 rings (SSSR count). The number of ether oxygens (including phenoxy) is 5. The number of esters is 3. The number of nitrogens with zero attached hydrogens (tertiary/aromatic N) is 1. The number of nitrogens with one attached hydrogen (secondary N) is 3. The fourth-order valence-electron chi connectivity index (χ4n) is 9.41. The molecular weight excluding hydrogens is 1250 g/mol. The summed E-state index contributed by atoms with van der Waals surface area (Å²) in [4.78, 5) is 59.0. The highest BCUT2D eigenvalue weighted by molar-refractivity contribution is 6.35. The molecule has 4 aromatic rings. The third kappa shape index (κ3) is 41.2. The molecule has 3 aliphatic rings. The van der Waals surface area contributed by atoms with Crippen molar-refractivity contribution in [2.45, 2.75) is 239 Å². The van der Waals surface area contributed by atoms with Gasteiger partial charge in [0, 0.05) is 31.2 Å². The van der Waals surface area contributed by atoms with Gasteiger partial charge >= 0.3 is 24.0 Å². The quantitative estimate of drug-likeness (QED) is 0.0159. The van der Waals surface area contributed by atoms with Crippen LogP contribution >= 0.6 is 0 Å². The van der Waals surface area contributed by atoms with E-state index in [2.05, 4.69) is 65.5 Å². The van der Waals surface area contributed by atoms with E-state index in [9.17, 15) is 39.3 Å². The standard InChI is InChI=1S/C15H21NO2.C15H25NO2.C12H25NO3.C11H11NO2.C8H11NO.C7H17NO.C5H8O3.C4H8O/c1-3-4-10-15(2)14(17)18-11-13(16-15)12-8-6-5-7-9-12;1-3-4-10-15(2,12-18)16-14(11-17)13-8-6-5-7-9-13;1-6-7-8-12(5,9-14)13-10(15)16-11(2,3)4;1-8-11(13)14-7-10(12-8)9-5-3-2-4-6-9;9-8(6-10)7-4-2-1-3-5-7;1-3-4-5-7(2,8)6-9;1-3-8-5(7)4(2)6;1-2-4-5-3-1/h5-9,13,16H,3-4,10-11H2,1-2H3;5-9,14,16-18H,3-4,10-12H2,1-2H3;14H,6-9H2,1-5H3,(H,13,15);2-6,10H,7H2,1H3;1-5,8,10H,6,9H2;9H,3-6,8H2,1-2H3;3H2,1-2H3;1-4H2/t13-,15+;14-,15+;12-;10-;8-;7-;;/m001001../s1. The number of carbonyl (C=O) groups excluding carboxylic acids is 5. The van der Waals surface area contributed by atoms with Crippen LogP contribution in [0.25, 0.3) is 0 Å². The van der Waals surface area contributed by atoms with E-state index < -0.39 is 34.5 Å². The summed E-state index contributed by atoms with van der Waals surface area (Å²) in [6, 6.07) is 39.1. The smallest absolute Gasteiger partial charge is 0.408 e. The minimum Gasteiger partial charge on any atom is -0.462 e. The molecule has 0 aliphatic carbocycles. The maximum absolute atomic E-state index is 11.9. The number of hydrogen-bond acceptors (Lipinski definition) is 20. The van der Waals surface area contributed by atoms with E-state index >= 15 is 0 Å². The third-order valence-electron chi connectivity index (χ3n) is 15.6. The topological polar surface area (TPSA) is 333 Å². The molecule has 12 N–H and O–H groups in total. The summed E-state index contributed by atoms with van der Waals surface area (Å²) in [6.07, 6.45) is 14.0. The predicted octanol–water partition coefficient (Wildman–Crippen LogP) is 11.8. The average molecular weight is 1380 g/mol. The molecule has 554 valence electrons. The number of nitrogens with two attached hydrogens (primary N) is 2. The number of aliphatic hydroxyl groups excluding tert-OH is 5. The maximum Gasteiger partial charge on any atom is 0.408 e. The average Bonchev–Trinajstić information content (AvgIpc) is 1.21. The van der Waals surface area contributed by atoms with Gasteiger partial charge in [0.2, 0.25) is 5.78 Å². The third-order valence-corrected chi connectivity index (χ3v) is 15.6. The van der Waals surface area contributed by atoms with Gasteiger partial charge in [-0.3, -0.25) is 19.9 Å². The van der Waals surface area contributed by atoms with Crippen molar-refractivity contribution in [3.63, 3.8) is 0 Å². The number of aliphatic imine (C=N–C) groups is 1. The SMILES string of the molecule is C1CCOC1.CC1=N[C@H](c2ccccc2)COC1=O.CCCC[C@@](C)(N)CO.CCCC[C@@]1(C)N[C@H](c2ccccc2)COC1=O.CCCC[C@](C)(CO)NC(=O)OC(C)(C)C.CCCC[C@](C)(CO)N[C@@H](CO)c1ccccc1.CCOC(=O)C(C)=O.N[C@@H](CO)c1ccccc1. The Hall–Kier alpha value is -6.50. The van der Waals surface area contributed by atoms with Gasteiger partial charge in [-0.05, 0) is 123 Å². The second kappa shape index (κ2) is 51.6. The van der Waals surface area contributed by atoms with E-state index in [4.69, 9.17) is 40.6 Å². The molecule has 3 heterocycles. The molecule has 8 atom stereocenters. The van der Waals surface area contributed by atoms with Crippen molar-refractivity contribution in [3.8, 4) is 0 Å². The highest BCUT2D eigenvalue weighted by Crippen LogP contribution is 2.28. The molecule has 1 amide bonds. The maximum atomic E-state index is 11.9. The number of alkyl carbamates (subject to hydrolysis) is 1. The van der Waals surface area contributed by atoms with Crippen LogP contribution < -0.4 is 27.4 Å². The van der Waals surface area contributed by atoms with Gasteiger partial charge in [0.05, 0.1) is 63.3 Å². The Morgan fingerprint density at radius 2 is 1.13 bits per heavy atom. The van der Waals surface area contributed by atoms with Crippen molar-refractivity contribution in [2.75, 3.05) is 66.1 Å². The number of ketones is 1. The van der Waals surface area contributed by atoms with Crippen LogP contribution in [-0.2, 0) is 42.9 Å². The molecule has 0 saturated carbocycles. The molecule has 2 saturated heterocycles. The molecule has 0 unspecified atom stereocenters. The molecular formula is C77H126N6O15. The largest absolute Gasteiger partial charge is 0.462 e. The Morgan fingerprint density at radius 1 is 0.653 bits per heavy atom. The second-order valence-corrected chi connectivity index (χ2v) is 26.7. The van der Waals surface area contributed by atoms with Crippen LogP contribution in [0, 0.1) is 0 Å². The number of unbranched alkanes of at least 4 members (excludes halogenated alkanes) is 4. The molecule has 0 spiro atoms. The first kappa shape index (κ1) is 91.5. The molecule has 98 heavy (non-hydrogen) atoms. The van der Waals surface area contributed by atoms with E-state index in [0.29, 0.717) is 18.9 Å². The van der Waals surface area contributed by atoms with E-state index in [1.807, 2.05) is 158 Å². The summed E-state index contributed by atoms with van der Waals surface area (Å²) in [6.45, 7) is 29.2. The van der Waals surface area contributed by atoms with Gasteiger partial charge in [-0.2, -0.15) is 0 Å². The Bertz CT molecular complexity index is 2750. The van der Waals surface area contributed by atoms with Crippen molar-refractivity contribution in [2.24, 2.45) is 16.5 Å². The Kier molecular flexibility index (Phi) is 48.2. The Labute approximate surface area is 587 Å². The molecule has 0 radical (unpaired) electrons. The molecule has 21 heteroatoms. The number of morpholine rings is 1. The van der Waals surface area contributed by atoms with E-state index in [-0.39, 0.29) is 86.8 Å². The monoisotopic (exact) mass is 1370 g/mol. The van der Waals surface area contributed by atoms with Crippen molar-refractivity contribution in [1.29, 1.82) is 0 Å². The molecule has 0 bridgehead atoms. The summed E-state index contributed by atoms with van der Waals surface area (Å²) < 4.78 is 24.8. The van der Waals surface area contributed by atoms with Crippen molar-refractivity contribution in [3.05, 3.63) is 144 Å². The van der Waals surface area contributed by atoms with Gasteiger partial charge in [0.1, 0.15) is 36.1 Å². The van der Waals surface area contributed by atoms with Gasteiger partial charge < -0.3 is 71.3 Å². The zero-order valence-electron chi connectivity index (χ0n) is 61.7. The first-order valence-electron chi connectivity index (χ1n) is 34.9. The minimum atomic E-state index is -0.757. The zero-order valence-corrected chi connectivity index (χ0v) is 61.7. The van der Waals surface area contributed by atoms with Gasteiger partial charge in [-0.1, -0.05) is 200 Å². The van der Waals surface area contributed by atoms with Crippen LogP contribution in [0.5, 0.6) is 0 Å². The van der Waals surface area contributed by atoms with Crippen molar-refractivity contribution in [1.82, 2.24) is 16.0 Å². The molecule has 0 aromatic heterocycles. The van der Waals surface area contributed by atoms with Gasteiger partial charge in [0.15, 0.2) is 0 Å². The number of Topliss-reactive ketones (excluding diaryl/α,β-unsaturated/α-hetero) is 1. The number of aliphatic hydroxyl groups is 5. The summed E-state index contributed by atoms with van der Waals surface area (Å²) in [5.41, 5.74) is 13.6.